The molecule has 0 unspecified atom stereocenters. The van der Waals surface area contributed by atoms with Crippen LogP contribution in [0.1, 0.15) is 35.9 Å². The monoisotopic (exact) mass is 408 g/mol. The van der Waals surface area contributed by atoms with Crippen molar-refractivity contribution in [1.29, 1.82) is 0 Å². The van der Waals surface area contributed by atoms with Crippen molar-refractivity contribution < 1.29 is 4.79 Å². The Morgan fingerprint density at radius 2 is 2.05 bits per heavy atom. The summed E-state index contributed by atoms with van der Waals surface area (Å²) < 4.78 is 2.46. The number of nitrogens with zero attached hydrogens (tertiary/aromatic N) is 2. The fraction of sp³-hybridized carbons (Fsp3) is 0.231. The Morgan fingerprint density at radius 1 is 1.37 bits per heavy atom. The third-order valence-corrected chi connectivity index (χ3v) is 4.08. The minimum atomic E-state index is -0.164. The molecule has 0 aliphatic rings. The predicted molar refractivity (Wildman–Crippen MR) is 85.2 cm³/mol. The van der Waals surface area contributed by atoms with Crippen molar-refractivity contribution in [1.82, 2.24) is 9.78 Å². The first-order valence-electron chi connectivity index (χ1n) is 5.64. The molecule has 0 fully saturated rings. The van der Waals surface area contributed by atoms with Gasteiger partial charge in [0.2, 0.25) is 5.78 Å². The van der Waals surface area contributed by atoms with E-state index in [1.54, 1.807) is 22.9 Å². The lowest BCUT2D eigenvalue weighted by molar-refractivity contribution is 0.102. The van der Waals surface area contributed by atoms with Crippen LogP contribution in [0.15, 0.2) is 24.4 Å². The summed E-state index contributed by atoms with van der Waals surface area (Å²) in [4.78, 5) is 12.6. The van der Waals surface area contributed by atoms with Gasteiger partial charge >= 0.3 is 0 Å². The molecule has 0 amide bonds. The van der Waals surface area contributed by atoms with Gasteiger partial charge in [-0.15, -0.1) is 0 Å². The number of ketones is 1. The first-order valence-corrected chi connectivity index (χ1v) is 7.48. The van der Waals surface area contributed by atoms with E-state index in [-0.39, 0.29) is 11.8 Å². The summed E-state index contributed by atoms with van der Waals surface area (Å²) in [6, 6.07) is 5.27. The molecule has 1 aromatic heterocycles. The van der Waals surface area contributed by atoms with Crippen molar-refractivity contribution in [3.8, 4) is 0 Å². The predicted octanol–water partition coefficient (Wildman–Crippen LogP) is 4.61. The molecule has 2 aromatic rings. The lowest BCUT2D eigenvalue weighted by Crippen LogP contribution is -2.14. The number of carbonyl (C=O) groups is 1. The lowest BCUT2D eigenvalue weighted by Gasteiger charge is -2.11. The minimum Gasteiger partial charge on any atom is -0.287 e. The quantitative estimate of drug-likeness (QED) is 0.549. The fourth-order valence-corrected chi connectivity index (χ4v) is 2.71. The van der Waals surface area contributed by atoms with Crippen LogP contribution in [0.25, 0.3) is 0 Å². The Bertz CT molecular complexity index is 638. The van der Waals surface area contributed by atoms with Crippen molar-refractivity contribution in [2.24, 2.45) is 0 Å². The Balaban J connectivity index is 2.56. The molecule has 2 rings (SSSR count). The molecule has 1 aromatic carbocycles. The van der Waals surface area contributed by atoms with E-state index in [1.807, 2.05) is 13.8 Å². The van der Waals surface area contributed by atoms with E-state index < -0.39 is 0 Å². The molecule has 1 heterocycles. The summed E-state index contributed by atoms with van der Waals surface area (Å²) in [5, 5.41) is 5.02. The second-order valence-corrected chi connectivity index (χ2v) is 6.34. The van der Waals surface area contributed by atoms with Gasteiger partial charge in [-0.1, -0.05) is 23.2 Å². The second kappa shape index (κ2) is 5.81. The Hall–Kier alpha value is -0.590. The van der Waals surface area contributed by atoms with Gasteiger partial charge in [-0.25, -0.2) is 0 Å². The van der Waals surface area contributed by atoms with Crippen LogP contribution in [0, 0.1) is 3.57 Å². The molecule has 19 heavy (non-hydrogen) atoms. The maximum Gasteiger partial charge on any atom is 0.213 e. The van der Waals surface area contributed by atoms with Crippen molar-refractivity contribution in [3.05, 3.63) is 49.3 Å². The zero-order chi connectivity index (χ0) is 14.2. The van der Waals surface area contributed by atoms with Gasteiger partial charge in [0, 0.05) is 20.2 Å². The van der Waals surface area contributed by atoms with E-state index in [1.165, 1.54) is 6.20 Å². The van der Waals surface area contributed by atoms with Crippen LogP contribution in [-0.2, 0) is 0 Å². The van der Waals surface area contributed by atoms with Crippen molar-refractivity contribution in [2.45, 2.75) is 19.9 Å². The Kier molecular flexibility index (Phi) is 4.53. The zero-order valence-corrected chi connectivity index (χ0v) is 14.0. The van der Waals surface area contributed by atoms with Crippen LogP contribution >= 0.6 is 45.8 Å². The first-order chi connectivity index (χ1) is 8.91. The normalized spacial score (nSPS) is 11.1. The lowest BCUT2D eigenvalue weighted by atomic mass is 10.1. The molecule has 0 N–H and O–H groups in total. The van der Waals surface area contributed by atoms with Gasteiger partial charge in [0.25, 0.3) is 0 Å². The van der Waals surface area contributed by atoms with Crippen LogP contribution in [0.3, 0.4) is 0 Å². The second-order valence-electron chi connectivity index (χ2n) is 4.33. The van der Waals surface area contributed by atoms with E-state index in [9.17, 15) is 4.79 Å². The largest absolute Gasteiger partial charge is 0.287 e. The molecule has 0 atom stereocenters. The van der Waals surface area contributed by atoms with E-state index in [0.29, 0.717) is 21.3 Å². The molecule has 0 spiro atoms. The van der Waals surface area contributed by atoms with Gasteiger partial charge in [0.15, 0.2) is 0 Å². The van der Waals surface area contributed by atoms with Crippen LogP contribution in [0.5, 0.6) is 0 Å². The number of benzene rings is 1. The van der Waals surface area contributed by atoms with E-state index in [2.05, 4.69) is 27.7 Å². The third kappa shape index (κ3) is 2.95. The van der Waals surface area contributed by atoms with Gasteiger partial charge in [0.1, 0.15) is 5.69 Å². The molecule has 3 nitrogen and oxygen atoms in total. The summed E-state index contributed by atoms with van der Waals surface area (Å²) in [5.41, 5.74) is 0.939. The molecular weight excluding hydrogens is 398 g/mol. The number of halogens is 3. The van der Waals surface area contributed by atoms with E-state index >= 15 is 0 Å². The molecule has 0 bridgehead atoms. The maximum atomic E-state index is 12.6. The van der Waals surface area contributed by atoms with Gasteiger partial charge in [-0.3, -0.25) is 9.48 Å². The molecule has 0 aliphatic heterocycles. The molecule has 0 saturated carbocycles. The molecule has 0 aliphatic carbocycles. The minimum absolute atomic E-state index is 0.0586. The average Bonchev–Trinajstić information content (AvgIpc) is 2.73. The van der Waals surface area contributed by atoms with Gasteiger partial charge < -0.3 is 0 Å². The summed E-state index contributed by atoms with van der Waals surface area (Å²) in [7, 11) is 0. The standard InChI is InChI=1S/C13H11Cl2IN2O/c1-7(2)18-12(10(15)6-17-18)13(19)9-5-8(14)3-4-11(9)16/h3-7H,1-2H3. The zero-order valence-electron chi connectivity index (χ0n) is 10.3. The highest BCUT2D eigenvalue weighted by Gasteiger charge is 2.22. The summed E-state index contributed by atoms with van der Waals surface area (Å²) in [5.74, 6) is -0.164. The summed E-state index contributed by atoms with van der Waals surface area (Å²) in [6.07, 6.45) is 1.49. The maximum absolute atomic E-state index is 12.6. The summed E-state index contributed by atoms with van der Waals surface area (Å²) >= 11 is 14.1. The van der Waals surface area contributed by atoms with Gasteiger partial charge in [0.05, 0.1) is 11.2 Å². The van der Waals surface area contributed by atoms with Crippen LogP contribution < -0.4 is 0 Å². The SMILES string of the molecule is CC(C)n1ncc(Cl)c1C(=O)c1cc(Cl)ccc1I. The highest BCUT2D eigenvalue weighted by molar-refractivity contribution is 14.1. The highest BCUT2D eigenvalue weighted by atomic mass is 127. The summed E-state index contributed by atoms with van der Waals surface area (Å²) in [6.45, 7) is 3.89. The molecule has 6 heteroatoms. The Morgan fingerprint density at radius 3 is 2.68 bits per heavy atom. The van der Waals surface area contributed by atoms with Crippen LogP contribution in [0.4, 0.5) is 0 Å². The molecular formula is C13H11Cl2IN2O. The number of carbonyl (C=O) groups excluding carboxylic acids is 1. The average molecular weight is 409 g/mol. The van der Waals surface area contributed by atoms with Gasteiger partial charge in [-0.05, 0) is 54.6 Å². The van der Waals surface area contributed by atoms with Crippen molar-refractivity contribution in [3.63, 3.8) is 0 Å². The number of rotatable bonds is 3. The number of hydrogen-bond acceptors (Lipinski definition) is 2. The van der Waals surface area contributed by atoms with Crippen molar-refractivity contribution in [2.75, 3.05) is 0 Å². The van der Waals surface area contributed by atoms with Gasteiger partial charge in [-0.2, -0.15) is 5.10 Å². The third-order valence-electron chi connectivity index (χ3n) is 2.63. The number of hydrogen-bond donors (Lipinski definition) is 0. The molecule has 0 saturated heterocycles. The fourth-order valence-electron chi connectivity index (χ4n) is 1.74. The van der Waals surface area contributed by atoms with E-state index in [0.717, 1.165) is 3.57 Å². The van der Waals surface area contributed by atoms with Crippen LogP contribution in [-0.4, -0.2) is 15.6 Å². The Labute approximate surface area is 135 Å². The smallest absolute Gasteiger partial charge is 0.213 e. The molecule has 100 valence electrons. The van der Waals surface area contributed by atoms with E-state index in [4.69, 9.17) is 23.2 Å². The topological polar surface area (TPSA) is 34.9 Å². The highest BCUT2D eigenvalue weighted by Crippen LogP contribution is 2.26. The first kappa shape index (κ1) is 14.8. The van der Waals surface area contributed by atoms with Crippen LogP contribution in [0.2, 0.25) is 10.0 Å². The van der Waals surface area contributed by atoms with Crippen molar-refractivity contribution >= 4 is 51.6 Å². The molecule has 0 radical (unpaired) electrons. The number of aromatic nitrogens is 2.